The van der Waals surface area contributed by atoms with Gasteiger partial charge in [-0.25, -0.2) is 13.8 Å². The van der Waals surface area contributed by atoms with Crippen molar-refractivity contribution in [1.29, 1.82) is 0 Å². The van der Waals surface area contributed by atoms with Crippen LogP contribution in [0, 0.1) is 18.6 Å². The summed E-state index contributed by atoms with van der Waals surface area (Å²) >= 11 is 0. The van der Waals surface area contributed by atoms with Gasteiger partial charge in [0.25, 0.3) is 0 Å². The minimum absolute atomic E-state index is 0.294. The Bertz CT molecular complexity index is 1450. The molecule has 0 aliphatic carbocycles. The Balaban J connectivity index is 1.73. The van der Waals surface area contributed by atoms with E-state index in [1.54, 1.807) is 18.3 Å². The highest BCUT2D eigenvalue weighted by Gasteiger charge is 2.18. The standard InChI is InChI=1S/C26H20F2N2O/c1-14(2)22-9-8-20-19-6-4-15(3)24(25(19)31-26(20)30-22)23-12-16(10-11-29-23)18-7-5-17(27)13-21(18)28/h4-14H,1-3H3. The molecule has 3 heterocycles. The monoisotopic (exact) mass is 414 g/mol. The van der Waals surface area contributed by atoms with E-state index in [-0.39, 0.29) is 0 Å². The molecule has 0 spiro atoms. The molecule has 0 N–H and O–H groups in total. The predicted octanol–water partition coefficient (Wildman–Crippen LogP) is 7.42. The largest absolute Gasteiger partial charge is 0.437 e. The number of benzene rings is 2. The number of aryl methyl sites for hydroxylation is 1. The average Bonchev–Trinajstić information content (AvgIpc) is 3.11. The highest BCUT2D eigenvalue weighted by Crippen LogP contribution is 2.38. The van der Waals surface area contributed by atoms with Crippen molar-refractivity contribution < 1.29 is 13.2 Å². The molecule has 0 saturated heterocycles. The Morgan fingerprint density at radius 1 is 0.903 bits per heavy atom. The van der Waals surface area contributed by atoms with Crippen LogP contribution in [-0.2, 0) is 0 Å². The van der Waals surface area contributed by atoms with Gasteiger partial charge in [0.1, 0.15) is 17.2 Å². The minimum Gasteiger partial charge on any atom is -0.437 e. The molecule has 5 aromatic rings. The van der Waals surface area contributed by atoms with Gasteiger partial charge in [-0.2, -0.15) is 0 Å². The third-order valence-electron chi connectivity index (χ3n) is 5.59. The molecule has 3 nitrogen and oxygen atoms in total. The van der Waals surface area contributed by atoms with E-state index in [1.165, 1.54) is 12.1 Å². The van der Waals surface area contributed by atoms with E-state index in [9.17, 15) is 8.78 Å². The van der Waals surface area contributed by atoms with Crippen molar-refractivity contribution in [2.75, 3.05) is 0 Å². The molecule has 0 saturated carbocycles. The summed E-state index contributed by atoms with van der Waals surface area (Å²) in [5.41, 5.74) is 5.69. The first-order valence-electron chi connectivity index (χ1n) is 10.2. The van der Waals surface area contributed by atoms with Gasteiger partial charge < -0.3 is 4.42 Å². The van der Waals surface area contributed by atoms with Gasteiger partial charge in [0.05, 0.1) is 5.69 Å². The lowest BCUT2D eigenvalue weighted by atomic mass is 9.98. The second kappa shape index (κ2) is 7.27. The first-order chi connectivity index (χ1) is 14.9. The number of nitrogens with zero attached hydrogens (tertiary/aromatic N) is 2. The smallest absolute Gasteiger partial charge is 0.227 e. The number of hydrogen-bond acceptors (Lipinski definition) is 3. The van der Waals surface area contributed by atoms with Crippen molar-refractivity contribution in [3.05, 3.63) is 83.7 Å². The van der Waals surface area contributed by atoms with Crippen LogP contribution in [0.1, 0.15) is 31.0 Å². The molecule has 0 unspecified atom stereocenters. The van der Waals surface area contributed by atoms with Gasteiger partial charge in [0, 0.05) is 39.9 Å². The number of hydrogen-bond donors (Lipinski definition) is 0. The molecule has 0 amide bonds. The number of halogens is 2. The first kappa shape index (κ1) is 19.4. The Labute approximate surface area is 178 Å². The second-order valence-electron chi connectivity index (χ2n) is 8.03. The average molecular weight is 414 g/mol. The SMILES string of the molecule is Cc1ccc2c(oc3nc(C(C)C)ccc32)c1-c1cc(-c2ccc(F)cc2F)ccn1. The molecular weight excluding hydrogens is 394 g/mol. The molecule has 0 bridgehead atoms. The fourth-order valence-electron chi connectivity index (χ4n) is 3.93. The molecule has 31 heavy (non-hydrogen) atoms. The molecule has 0 fully saturated rings. The summed E-state index contributed by atoms with van der Waals surface area (Å²) in [6.45, 7) is 6.18. The molecule has 0 radical (unpaired) electrons. The number of furan rings is 1. The number of pyridine rings is 2. The normalized spacial score (nSPS) is 11.7. The Morgan fingerprint density at radius 2 is 1.71 bits per heavy atom. The van der Waals surface area contributed by atoms with Crippen molar-refractivity contribution in [2.24, 2.45) is 0 Å². The molecule has 154 valence electrons. The highest BCUT2D eigenvalue weighted by atomic mass is 19.1. The van der Waals surface area contributed by atoms with Crippen LogP contribution in [0.3, 0.4) is 0 Å². The molecule has 3 aromatic heterocycles. The molecule has 0 atom stereocenters. The van der Waals surface area contributed by atoms with E-state index in [0.29, 0.717) is 34.0 Å². The molecular formula is C26H20F2N2O. The molecule has 0 aliphatic heterocycles. The van der Waals surface area contributed by atoms with Crippen molar-refractivity contribution in [3.8, 4) is 22.4 Å². The van der Waals surface area contributed by atoms with E-state index in [4.69, 9.17) is 4.42 Å². The molecule has 5 heteroatoms. The van der Waals surface area contributed by atoms with Crippen molar-refractivity contribution in [1.82, 2.24) is 9.97 Å². The van der Waals surface area contributed by atoms with E-state index >= 15 is 0 Å². The van der Waals surface area contributed by atoms with Crippen LogP contribution in [0.25, 0.3) is 44.5 Å². The van der Waals surface area contributed by atoms with E-state index in [1.807, 2.05) is 31.2 Å². The van der Waals surface area contributed by atoms with Crippen LogP contribution in [0.4, 0.5) is 8.78 Å². The van der Waals surface area contributed by atoms with Gasteiger partial charge in [-0.1, -0.05) is 26.0 Å². The number of rotatable bonds is 3. The van der Waals surface area contributed by atoms with E-state index in [0.717, 1.165) is 33.7 Å². The van der Waals surface area contributed by atoms with E-state index < -0.39 is 11.6 Å². The fourth-order valence-corrected chi connectivity index (χ4v) is 3.93. The van der Waals surface area contributed by atoms with Gasteiger partial charge in [-0.15, -0.1) is 0 Å². The van der Waals surface area contributed by atoms with Crippen LogP contribution in [0.5, 0.6) is 0 Å². The Hall–Kier alpha value is -3.60. The van der Waals surface area contributed by atoms with Gasteiger partial charge in [-0.3, -0.25) is 4.98 Å². The summed E-state index contributed by atoms with van der Waals surface area (Å²) in [6, 6.07) is 15.2. The Morgan fingerprint density at radius 3 is 2.48 bits per heavy atom. The molecule has 5 rings (SSSR count). The van der Waals surface area contributed by atoms with Crippen LogP contribution in [0.2, 0.25) is 0 Å². The lowest BCUT2D eigenvalue weighted by Crippen LogP contribution is -1.91. The van der Waals surface area contributed by atoms with Crippen LogP contribution < -0.4 is 0 Å². The van der Waals surface area contributed by atoms with Gasteiger partial charge in [0.15, 0.2) is 0 Å². The summed E-state index contributed by atoms with van der Waals surface area (Å²) in [6.07, 6.45) is 1.63. The summed E-state index contributed by atoms with van der Waals surface area (Å²) in [5.74, 6) is -0.921. The lowest BCUT2D eigenvalue weighted by molar-refractivity contribution is 0.585. The number of aromatic nitrogens is 2. The maximum absolute atomic E-state index is 14.4. The molecule has 2 aromatic carbocycles. The molecule has 0 aliphatic rings. The zero-order chi connectivity index (χ0) is 21.7. The van der Waals surface area contributed by atoms with Gasteiger partial charge >= 0.3 is 0 Å². The van der Waals surface area contributed by atoms with Crippen molar-refractivity contribution in [3.63, 3.8) is 0 Å². The highest BCUT2D eigenvalue weighted by molar-refractivity contribution is 6.09. The first-order valence-corrected chi connectivity index (χ1v) is 10.2. The van der Waals surface area contributed by atoms with Crippen molar-refractivity contribution >= 4 is 22.1 Å². The second-order valence-corrected chi connectivity index (χ2v) is 8.03. The zero-order valence-electron chi connectivity index (χ0n) is 17.4. The van der Waals surface area contributed by atoms with Crippen molar-refractivity contribution in [2.45, 2.75) is 26.7 Å². The number of fused-ring (bicyclic) bond motifs is 3. The lowest BCUT2D eigenvalue weighted by Gasteiger charge is -2.09. The maximum Gasteiger partial charge on any atom is 0.227 e. The summed E-state index contributed by atoms with van der Waals surface area (Å²) in [5, 5.41) is 1.90. The van der Waals surface area contributed by atoms with Gasteiger partial charge in [-0.05, 0) is 60.4 Å². The van der Waals surface area contributed by atoms with E-state index in [2.05, 4.69) is 23.8 Å². The summed E-state index contributed by atoms with van der Waals surface area (Å²) in [4.78, 5) is 9.22. The van der Waals surface area contributed by atoms with Crippen LogP contribution in [-0.4, -0.2) is 9.97 Å². The third kappa shape index (κ3) is 3.26. The quantitative estimate of drug-likeness (QED) is 0.308. The Kier molecular flexibility index (Phi) is 4.54. The fraction of sp³-hybridized carbons (Fsp3) is 0.154. The summed E-state index contributed by atoms with van der Waals surface area (Å²) in [7, 11) is 0. The maximum atomic E-state index is 14.4. The van der Waals surface area contributed by atoms with Crippen LogP contribution >= 0.6 is 0 Å². The van der Waals surface area contributed by atoms with Gasteiger partial charge in [0.2, 0.25) is 5.71 Å². The minimum atomic E-state index is -0.610. The topological polar surface area (TPSA) is 38.9 Å². The zero-order valence-corrected chi connectivity index (χ0v) is 17.4. The third-order valence-corrected chi connectivity index (χ3v) is 5.59. The summed E-state index contributed by atoms with van der Waals surface area (Å²) < 4.78 is 33.9. The van der Waals surface area contributed by atoms with Crippen LogP contribution in [0.15, 0.2) is 65.2 Å². The predicted molar refractivity (Wildman–Crippen MR) is 119 cm³/mol.